The number of carbonyl (C=O) groups is 2. The van der Waals surface area contributed by atoms with Gasteiger partial charge in [-0.2, -0.15) is 0 Å². The number of unbranched alkanes of at least 4 members (excludes halogenated alkanes) is 1. The van der Waals surface area contributed by atoms with Gasteiger partial charge in [0, 0.05) is 24.7 Å². The van der Waals surface area contributed by atoms with Crippen LogP contribution < -0.4 is 0 Å². The highest BCUT2D eigenvalue weighted by Gasteiger charge is 2.39. The van der Waals surface area contributed by atoms with E-state index in [1.54, 1.807) is 0 Å². The molecule has 1 rings (SSSR count). The maximum Gasteiger partial charge on any atom is 0.305 e. The van der Waals surface area contributed by atoms with E-state index in [0.29, 0.717) is 25.7 Å². The zero-order valence-electron chi connectivity index (χ0n) is 17.0. The number of methoxy groups -OCH3 is 1. The molecule has 0 aromatic rings. The standard InChI is InChI=1S/C22H36O5/c1-4-5-14-22(2,26)15-10-12-18-17(19(23)16-20(18)24)11-8-6-7-9-13-21(25)27-3/h6-7,10,12,17-18,20,24,26H,4-5,8-9,11,13-16H2,1-3H3/b7-6-,12-10+/t17-,18-,20-,22?/m1/s1. The first-order chi connectivity index (χ1) is 12.8. The number of carbonyl (C=O) groups excluding carboxylic acids is 2. The number of aliphatic hydroxyl groups excluding tert-OH is 1. The van der Waals surface area contributed by atoms with Gasteiger partial charge in [0.2, 0.25) is 0 Å². The van der Waals surface area contributed by atoms with Crippen LogP contribution in [0.5, 0.6) is 0 Å². The predicted octanol–water partition coefficient (Wildman–Crippen LogP) is 3.73. The molecule has 0 aliphatic heterocycles. The lowest BCUT2D eigenvalue weighted by Gasteiger charge is -2.22. The SMILES string of the molecule is CCCCC(C)(O)C/C=C/[C@H]1[C@H](O)CC(=O)[C@@H]1CC/C=C\CCC(=O)OC. The molecule has 5 heteroatoms. The van der Waals surface area contributed by atoms with Crippen molar-refractivity contribution in [2.45, 2.75) is 83.3 Å². The van der Waals surface area contributed by atoms with E-state index in [9.17, 15) is 19.8 Å². The third kappa shape index (κ3) is 8.85. The first-order valence-corrected chi connectivity index (χ1v) is 10.1. The summed E-state index contributed by atoms with van der Waals surface area (Å²) < 4.78 is 4.59. The highest BCUT2D eigenvalue weighted by atomic mass is 16.5. The Morgan fingerprint density at radius 2 is 2.00 bits per heavy atom. The lowest BCUT2D eigenvalue weighted by molar-refractivity contribution is -0.140. The van der Waals surface area contributed by atoms with Crippen LogP contribution in [0.25, 0.3) is 0 Å². The quantitative estimate of drug-likeness (QED) is 0.398. The van der Waals surface area contributed by atoms with E-state index in [1.807, 2.05) is 31.2 Å². The summed E-state index contributed by atoms with van der Waals surface area (Å²) in [5.74, 6) is -0.475. The molecule has 0 spiro atoms. The summed E-state index contributed by atoms with van der Waals surface area (Å²) in [6.07, 6.45) is 13.0. The Bertz CT molecular complexity index is 521. The van der Waals surface area contributed by atoms with Crippen molar-refractivity contribution in [1.29, 1.82) is 0 Å². The first kappa shape index (κ1) is 23.6. The number of hydrogen-bond acceptors (Lipinski definition) is 5. The van der Waals surface area contributed by atoms with Crippen LogP contribution in [0.15, 0.2) is 24.3 Å². The molecular weight excluding hydrogens is 344 g/mol. The lowest BCUT2D eigenvalue weighted by atomic mass is 9.88. The van der Waals surface area contributed by atoms with Crippen molar-refractivity contribution in [2.24, 2.45) is 11.8 Å². The zero-order chi connectivity index (χ0) is 20.3. The minimum Gasteiger partial charge on any atom is -0.469 e. The predicted molar refractivity (Wildman–Crippen MR) is 106 cm³/mol. The second kappa shape index (κ2) is 12.1. The molecule has 5 nitrogen and oxygen atoms in total. The molecule has 0 saturated heterocycles. The molecule has 0 amide bonds. The maximum atomic E-state index is 12.2. The lowest BCUT2D eigenvalue weighted by Crippen LogP contribution is -2.23. The van der Waals surface area contributed by atoms with Gasteiger partial charge in [-0.05, 0) is 39.0 Å². The molecule has 27 heavy (non-hydrogen) atoms. The Morgan fingerprint density at radius 1 is 1.30 bits per heavy atom. The number of hydrogen-bond donors (Lipinski definition) is 2. The van der Waals surface area contributed by atoms with Gasteiger partial charge in [-0.1, -0.05) is 44.1 Å². The Morgan fingerprint density at radius 3 is 2.67 bits per heavy atom. The van der Waals surface area contributed by atoms with Gasteiger partial charge in [0.15, 0.2) is 0 Å². The third-order valence-electron chi connectivity index (χ3n) is 5.27. The molecule has 0 aromatic carbocycles. The smallest absolute Gasteiger partial charge is 0.305 e. The van der Waals surface area contributed by atoms with Crippen molar-refractivity contribution >= 4 is 11.8 Å². The molecule has 4 atom stereocenters. The Hall–Kier alpha value is -1.46. The highest BCUT2D eigenvalue weighted by Crippen LogP contribution is 2.34. The maximum absolute atomic E-state index is 12.2. The normalized spacial score (nSPS) is 25.4. The zero-order valence-corrected chi connectivity index (χ0v) is 17.0. The van der Waals surface area contributed by atoms with Crippen LogP contribution in [-0.2, 0) is 14.3 Å². The molecule has 0 heterocycles. The van der Waals surface area contributed by atoms with E-state index in [4.69, 9.17) is 0 Å². The summed E-state index contributed by atoms with van der Waals surface area (Å²) in [5.41, 5.74) is -0.738. The fraction of sp³-hybridized carbons (Fsp3) is 0.727. The summed E-state index contributed by atoms with van der Waals surface area (Å²) in [6, 6.07) is 0. The van der Waals surface area contributed by atoms with Crippen LogP contribution in [0.4, 0.5) is 0 Å². The van der Waals surface area contributed by atoms with E-state index in [-0.39, 0.29) is 30.0 Å². The average Bonchev–Trinajstić information content (AvgIpc) is 2.89. The van der Waals surface area contributed by atoms with Crippen molar-refractivity contribution in [3.05, 3.63) is 24.3 Å². The van der Waals surface area contributed by atoms with Gasteiger partial charge < -0.3 is 14.9 Å². The fourth-order valence-electron chi connectivity index (χ4n) is 3.55. The number of allylic oxidation sites excluding steroid dienone is 2. The van der Waals surface area contributed by atoms with E-state index in [2.05, 4.69) is 11.7 Å². The van der Waals surface area contributed by atoms with Crippen LogP contribution in [0, 0.1) is 11.8 Å². The van der Waals surface area contributed by atoms with Crippen molar-refractivity contribution in [1.82, 2.24) is 0 Å². The fourth-order valence-corrected chi connectivity index (χ4v) is 3.55. The number of esters is 1. The van der Waals surface area contributed by atoms with Crippen LogP contribution in [0.1, 0.15) is 71.6 Å². The summed E-state index contributed by atoms with van der Waals surface area (Å²) in [6.45, 7) is 3.93. The van der Waals surface area contributed by atoms with Gasteiger partial charge in [0.05, 0.1) is 18.8 Å². The molecule has 154 valence electrons. The van der Waals surface area contributed by atoms with E-state index >= 15 is 0 Å². The van der Waals surface area contributed by atoms with Crippen LogP contribution >= 0.6 is 0 Å². The second-order valence-corrected chi connectivity index (χ2v) is 7.82. The minimum absolute atomic E-state index is 0.109. The molecule has 1 aliphatic rings. The number of ketones is 1. The number of Topliss-reactive ketones (excluding diaryl/α,β-unsaturated/α-hetero) is 1. The number of rotatable bonds is 12. The molecule has 1 fully saturated rings. The Labute approximate surface area is 163 Å². The molecule has 0 aromatic heterocycles. The molecule has 1 aliphatic carbocycles. The van der Waals surface area contributed by atoms with Crippen LogP contribution in [0.2, 0.25) is 0 Å². The van der Waals surface area contributed by atoms with E-state index < -0.39 is 11.7 Å². The van der Waals surface area contributed by atoms with Crippen molar-refractivity contribution in [3.8, 4) is 0 Å². The Kier molecular flexibility index (Phi) is 10.6. The molecule has 1 saturated carbocycles. The van der Waals surface area contributed by atoms with Gasteiger partial charge >= 0.3 is 5.97 Å². The number of ether oxygens (including phenoxy) is 1. The monoisotopic (exact) mass is 380 g/mol. The van der Waals surface area contributed by atoms with Crippen molar-refractivity contribution in [2.75, 3.05) is 7.11 Å². The van der Waals surface area contributed by atoms with Gasteiger partial charge in [-0.15, -0.1) is 0 Å². The molecule has 0 radical (unpaired) electrons. The Balaban J connectivity index is 2.49. The first-order valence-electron chi connectivity index (χ1n) is 10.1. The van der Waals surface area contributed by atoms with E-state index in [0.717, 1.165) is 25.7 Å². The third-order valence-corrected chi connectivity index (χ3v) is 5.27. The second-order valence-electron chi connectivity index (χ2n) is 7.82. The van der Waals surface area contributed by atoms with E-state index in [1.165, 1.54) is 7.11 Å². The average molecular weight is 381 g/mol. The summed E-state index contributed by atoms with van der Waals surface area (Å²) in [4.78, 5) is 23.3. The minimum atomic E-state index is -0.738. The molecule has 0 bridgehead atoms. The van der Waals surface area contributed by atoms with Crippen LogP contribution in [0.3, 0.4) is 0 Å². The van der Waals surface area contributed by atoms with Crippen molar-refractivity contribution < 1.29 is 24.5 Å². The highest BCUT2D eigenvalue weighted by molar-refractivity contribution is 5.84. The van der Waals surface area contributed by atoms with Crippen LogP contribution in [-0.4, -0.2) is 40.8 Å². The van der Waals surface area contributed by atoms with Gasteiger partial charge in [-0.25, -0.2) is 0 Å². The van der Waals surface area contributed by atoms with Gasteiger partial charge in [0.1, 0.15) is 5.78 Å². The molecular formula is C22H36O5. The summed E-state index contributed by atoms with van der Waals surface area (Å²) in [5, 5.41) is 20.6. The topological polar surface area (TPSA) is 83.8 Å². The summed E-state index contributed by atoms with van der Waals surface area (Å²) >= 11 is 0. The summed E-state index contributed by atoms with van der Waals surface area (Å²) in [7, 11) is 1.37. The van der Waals surface area contributed by atoms with Gasteiger partial charge in [0.25, 0.3) is 0 Å². The number of aliphatic hydroxyl groups is 2. The molecule has 2 N–H and O–H groups in total. The largest absolute Gasteiger partial charge is 0.469 e. The molecule has 1 unspecified atom stereocenters. The van der Waals surface area contributed by atoms with Crippen molar-refractivity contribution in [3.63, 3.8) is 0 Å². The van der Waals surface area contributed by atoms with Gasteiger partial charge in [-0.3, -0.25) is 9.59 Å².